The van der Waals surface area contributed by atoms with E-state index < -0.39 is 0 Å². The highest BCUT2D eigenvalue weighted by atomic mass is 16.8. The van der Waals surface area contributed by atoms with Gasteiger partial charge in [0.1, 0.15) is 5.82 Å². The summed E-state index contributed by atoms with van der Waals surface area (Å²) >= 11 is 0. The molecule has 30 heavy (non-hydrogen) atoms. The van der Waals surface area contributed by atoms with Crippen molar-refractivity contribution in [3.8, 4) is 0 Å². The number of carbonyl (C=O) groups excluding carboxylic acids is 1. The van der Waals surface area contributed by atoms with E-state index in [0.29, 0.717) is 13.0 Å². The number of rotatable bonds is 7. The van der Waals surface area contributed by atoms with Crippen molar-refractivity contribution in [2.45, 2.75) is 38.6 Å². The monoisotopic (exact) mass is 407 g/mol. The lowest BCUT2D eigenvalue weighted by Crippen LogP contribution is -2.32. The smallest absolute Gasteiger partial charge is 0.267 e. The lowest BCUT2D eigenvalue weighted by molar-refractivity contribution is -0.198. The van der Waals surface area contributed by atoms with Crippen LogP contribution in [0, 0.1) is 0 Å². The molecule has 0 saturated carbocycles. The summed E-state index contributed by atoms with van der Waals surface area (Å²) in [4.78, 5) is 25.0. The average molecular weight is 407 g/mol. The molecule has 156 valence electrons. The van der Waals surface area contributed by atoms with Crippen LogP contribution in [-0.2, 0) is 27.4 Å². The predicted molar refractivity (Wildman–Crippen MR) is 113 cm³/mol. The van der Waals surface area contributed by atoms with Gasteiger partial charge in [0.15, 0.2) is 6.29 Å². The maximum absolute atomic E-state index is 11.9. The van der Waals surface area contributed by atoms with Crippen molar-refractivity contribution in [3.63, 3.8) is 0 Å². The number of hydrogen-bond donors (Lipinski definition) is 3. The number of ether oxygens (including phenoxy) is 1. The van der Waals surface area contributed by atoms with Crippen LogP contribution < -0.4 is 5.48 Å². The fourth-order valence-corrected chi connectivity index (χ4v) is 3.37. The molecule has 1 unspecified atom stereocenters. The Morgan fingerprint density at radius 3 is 2.83 bits per heavy atom. The molecule has 3 aromatic rings. The number of aromatic nitrogens is 2. The van der Waals surface area contributed by atoms with Gasteiger partial charge in [-0.2, -0.15) is 0 Å². The molecule has 1 amide bonds. The summed E-state index contributed by atoms with van der Waals surface area (Å²) in [6, 6.07) is 13.6. The van der Waals surface area contributed by atoms with E-state index in [1.54, 1.807) is 6.08 Å². The zero-order valence-electron chi connectivity index (χ0n) is 16.6. The minimum Gasteiger partial charge on any atom is -0.392 e. The van der Waals surface area contributed by atoms with Gasteiger partial charge in [0, 0.05) is 25.5 Å². The van der Waals surface area contributed by atoms with E-state index in [-0.39, 0.29) is 18.8 Å². The molecule has 0 bridgehead atoms. The third kappa shape index (κ3) is 5.33. The van der Waals surface area contributed by atoms with Gasteiger partial charge >= 0.3 is 0 Å². The van der Waals surface area contributed by atoms with Crippen LogP contribution in [0.3, 0.4) is 0 Å². The zero-order chi connectivity index (χ0) is 20.8. The highest BCUT2D eigenvalue weighted by molar-refractivity contribution is 5.90. The van der Waals surface area contributed by atoms with E-state index in [4.69, 9.17) is 9.57 Å². The maximum Gasteiger partial charge on any atom is 0.267 e. The van der Waals surface area contributed by atoms with Crippen LogP contribution in [0.5, 0.6) is 0 Å². The Bertz CT molecular complexity index is 1020. The number of benzene rings is 2. The third-order valence-electron chi connectivity index (χ3n) is 4.99. The number of fused-ring (bicyclic) bond motifs is 1. The molecule has 0 spiro atoms. The summed E-state index contributed by atoms with van der Waals surface area (Å²) in [6.07, 6.45) is 6.36. The molecule has 7 nitrogen and oxygen atoms in total. The van der Waals surface area contributed by atoms with Crippen molar-refractivity contribution in [1.82, 2.24) is 15.4 Å². The molecule has 4 rings (SSSR count). The molecule has 2 heterocycles. The number of aromatic amines is 1. The van der Waals surface area contributed by atoms with Crippen molar-refractivity contribution in [1.29, 1.82) is 0 Å². The van der Waals surface area contributed by atoms with Crippen LogP contribution in [-0.4, -0.2) is 33.9 Å². The second-order valence-corrected chi connectivity index (χ2v) is 7.33. The Morgan fingerprint density at radius 1 is 1.23 bits per heavy atom. The summed E-state index contributed by atoms with van der Waals surface area (Å²) in [5.41, 5.74) is 7.09. The summed E-state index contributed by atoms with van der Waals surface area (Å²) in [7, 11) is 0. The molecule has 0 aliphatic carbocycles. The van der Waals surface area contributed by atoms with Gasteiger partial charge in [-0.05, 0) is 47.7 Å². The second kappa shape index (κ2) is 9.67. The Hall–Kier alpha value is -3.00. The van der Waals surface area contributed by atoms with Gasteiger partial charge in [-0.15, -0.1) is 0 Å². The van der Waals surface area contributed by atoms with Crippen LogP contribution in [0.1, 0.15) is 41.8 Å². The molecule has 1 aliphatic heterocycles. The topological polar surface area (TPSA) is 96.5 Å². The molecule has 7 heteroatoms. The lowest BCUT2D eigenvalue weighted by atomic mass is 10.1. The molecule has 1 aromatic heterocycles. The fourth-order valence-electron chi connectivity index (χ4n) is 3.37. The molecule has 0 radical (unpaired) electrons. The maximum atomic E-state index is 11.9. The first-order chi connectivity index (χ1) is 14.7. The van der Waals surface area contributed by atoms with Crippen molar-refractivity contribution >= 4 is 23.0 Å². The molecular weight excluding hydrogens is 382 g/mol. The second-order valence-electron chi connectivity index (χ2n) is 7.33. The molecular formula is C23H25N3O4. The summed E-state index contributed by atoms with van der Waals surface area (Å²) in [5.74, 6) is 0.544. The van der Waals surface area contributed by atoms with Crippen molar-refractivity contribution in [2.24, 2.45) is 0 Å². The molecule has 1 aliphatic rings. The van der Waals surface area contributed by atoms with E-state index >= 15 is 0 Å². The summed E-state index contributed by atoms with van der Waals surface area (Å²) in [5, 5.41) is 9.26. The lowest BCUT2D eigenvalue weighted by Gasteiger charge is -2.21. The Balaban J connectivity index is 1.31. The number of imidazole rings is 1. The number of H-pyrrole nitrogens is 1. The van der Waals surface area contributed by atoms with Gasteiger partial charge < -0.3 is 14.8 Å². The molecule has 3 N–H and O–H groups in total. The minimum absolute atomic E-state index is 0.0117. The average Bonchev–Trinajstić information content (AvgIpc) is 3.19. The first-order valence-corrected chi connectivity index (χ1v) is 10.1. The van der Waals surface area contributed by atoms with Crippen LogP contribution in [0.25, 0.3) is 17.1 Å². The van der Waals surface area contributed by atoms with Gasteiger partial charge in [0.2, 0.25) is 0 Å². The molecule has 1 saturated heterocycles. The van der Waals surface area contributed by atoms with Crippen LogP contribution in [0.2, 0.25) is 0 Å². The highest BCUT2D eigenvalue weighted by Gasteiger charge is 2.14. The third-order valence-corrected chi connectivity index (χ3v) is 4.99. The number of nitrogens with one attached hydrogen (secondary N) is 2. The number of hydroxylamine groups is 1. The van der Waals surface area contributed by atoms with Crippen LogP contribution in [0.4, 0.5) is 0 Å². The van der Waals surface area contributed by atoms with Gasteiger partial charge in [-0.3, -0.25) is 4.79 Å². The van der Waals surface area contributed by atoms with Crippen LogP contribution in [0.15, 0.2) is 48.5 Å². The van der Waals surface area contributed by atoms with Crippen LogP contribution >= 0.6 is 0 Å². The Kier molecular flexibility index (Phi) is 6.53. The minimum atomic E-state index is -0.358. The number of hydrogen-bond acceptors (Lipinski definition) is 5. The number of aliphatic hydroxyl groups is 1. The van der Waals surface area contributed by atoms with Gasteiger partial charge in [0.25, 0.3) is 5.91 Å². The molecule has 1 fully saturated rings. The fraction of sp³-hybridized carbons (Fsp3) is 0.304. The van der Waals surface area contributed by atoms with Crippen molar-refractivity contribution in [3.05, 3.63) is 71.1 Å². The molecule has 1 atom stereocenters. The van der Waals surface area contributed by atoms with Gasteiger partial charge in [-0.1, -0.05) is 30.3 Å². The summed E-state index contributed by atoms with van der Waals surface area (Å²) in [6.45, 7) is 0.679. The number of nitrogens with zero attached hydrogens (tertiary/aromatic N) is 1. The molecule has 2 aromatic carbocycles. The van der Waals surface area contributed by atoms with E-state index in [1.165, 1.54) is 6.08 Å². The zero-order valence-corrected chi connectivity index (χ0v) is 16.6. The summed E-state index contributed by atoms with van der Waals surface area (Å²) < 4.78 is 5.40. The van der Waals surface area contributed by atoms with Crippen molar-refractivity contribution in [2.75, 3.05) is 6.61 Å². The number of aliphatic hydroxyl groups excluding tert-OH is 1. The normalized spacial score (nSPS) is 16.9. The van der Waals surface area contributed by atoms with E-state index in [2.05, 4.69) is 15.4 Å². The highest BCUT2D eigenvalue weighted by Crippen LogP contribution is 2.17. The number of carbonyl (C=O) groups is 1. The van der Waals surface area contributed by atoms with E-state index in [9.17, 15) is 9.90 Å². The van der Waals surface area contributed by atoms with E-state index in [0.717, 1.165) is 52.8 Å². The SMILES string of the molecule is O=C(C=Cc1ccc(Cc2nc3ccc(CO)cc3[nH]2)cc1)NOC1CCCCO1. The van der Waals surface area contributed by atoms with Gasteiger partial charge in [0.05, 0.1) is 17.6 Å². The predicted octanol–water partition coefficient (Wildman–Crippen LogP) is 3.23. The quantitative estimate of drug-likeness (QED) is 0.413. The Labute approximate surface area is 174 Å². The number of amides is 1. The van der Waals surface area contributed by atoms with E-state index in [1.807, 2.05) is 42.5 Å². The largest absolute Gasteiger partial charge is 0.392 e. The first kappa shape index (κ1) is 20.3. The van der Waals surface area contributed by atoms with Crippen molar-refractivity contribution < 1.29 is 19.5 Å². The Morgan fingerprint density at radius 2 is 2.07 bits per heavy atom. The first-order valence-electron chi connectivity index (χ1n) is 10.1. The standard InChI is InChI=1S/C23H25N3O4/c27-15-18-8-10-19-20(13-18)25-21(24-19)14-17-6-4-16(5-7-17)9-11-22(28)26-30-23-3-1-2-12-29-23/h4-11,13,23,27H,1-3,12,14-15H2,(H,24,25)(H,26,28). The van der Waals surface area contributed by atoms with Gasteiger partial charge in [-0.25, -0.2) is 15.3 Å².